The zero-order valence-corrected chi connectivity index (χ0v) is 10.1. The van der Waals surface area contributed by atoms with Crippen LogP contribution in [0, 0.1) is 0 Å². The summed E-state index contributed by atoms with van der Waals surface area (Å²) in [6, 6.07) is 5.67. The molecule has 6 heteroatoms. The van der Waals surface area contributed by atoms with Crippen LogP contribution in [0.25, 0.3) is 0 Å². The van der Waals surface area contributed by atoms with E-state index in [-0.39, 0.29) is 0 Å². The summed E-state index contributed by atoms with van der Waals surface area (Å²) >= 11 is 0. The van der Waals surface area contributed by atoms with Gasteiger partial charge in [-0.3, -0.25) is 0 Å². The standard InChI is InChI=1S/C13H12F3N3/c14-13(15,16)10-3-1-9(2-4-10)7-12-18-17-8-19(12)11-5-6-11/h1-4,8,11H,5-7H2. The van der Waals surface area contributed by atoms with Crippen molar-refractivity contribution < 1.29 is 13.2 Å². The first-order valence-electron chi connectivity index (χ1n) is 6.08. The molecule has 1 fully saturated rings. The van der Waals surface area contributed by atoms with Crippen LogP contribution in [0.15, 0.2) is 30.6 Å². The fourth-order valence-corrected chi connectivity index (χ4v) is 2.04. The lowest BCUT2D eigenvalue weighted by atomic mass is 10.1. The summed E-state index contributed by atoms with van der Waals surface area (Å²) in [6.07, 6.45) is 0.161. The second kappa shape index (κ2) is 4.36. The van der Waals surface area contributed by atoms with E-state index in [2.05, 4.69) is 10.2 Å². The topological polar surface area (TPSA) is 30.7 Å². The van der Waals surface area contributed by atoms with Crippen LogP contribution in [0.1, 0.15) is 35.8 Å². The van der Waals surface area contributed by atoms with E-state index < -0.39 is 11.7 Å². The van der Waals surface area contributed by atoms with Gasteiger partial charge in [-0.15, -0.1) is 10.2 Å². The van der Waals surface area contributed by atoms with Crippen molar-refractivity contribution in [1.82, 2.24) is 14.8 Å². The van der Waals surface area contributed by atoms with E-state index in [1.807, 2.05) is 4.57 Å². The van der Waals surface area contributed by atoms with Crippen LogP contribution >= 0.6 is 0 Å². The molecule has 0 aliphatic heterocycles. The third-order valence-electron chi connectivity index (χ3n) is 3.23. The largest absolute Gasteiger partial charge is 0.416 e. The Balaban J connectivity index is 1.78. The highest BCUT2D eigenvalue weighted by Crippen LogP contribution is 2.35. The molecular weight excluding hydrogens is 255 g/mol. The third kappa shape index (κ3) is 2.62. The second-order valence-corrected chi connectivity index (χ2v) is 4.76. The predicted molar refractivity (Wildman–Crippen MR) is 62.5 cm³/mol. The minimum atomic E-state index is -4.29. The Kier molecular flexibility index (Phi) is 2.80. The van der Waals surface area contributed by atoms with E-state index in [1.54, 1.807) is 6.33 Å². The van der Waals surface area contributed by atoms with Crippen molar-refractivity contribution in [2.24, 2.45) is 0 Å². The first kappa shape index (κ1) is 12.2. The highest BCUT2D eigenvalue weighted by Gasteiger charge is 2.30. The molecule has 0 unspecified atom stereocenters. The summed E-state index contributed by atoms with van der Waals surface area (Å²) in [5.41, 5.74) is 0.183. The van der Waals surface area contributed by atoms with Gasteiger partial charge < -0.3 is 4.57 Å². The van der Waals surface area contributed by atoms with Crippen molar-refractivity contribution in [2.45, 2.75) is 31.5 Å². The molecule has 0 atom stereocenters. The monoisotopic (exact) mass is 267 g/mol. The second-order valence-electron chi connectivity index (χ2n) is 4.76. The van der Waals surface area contributed by atoms with E-state index in [4.69, 9.17) is 0 Å². The SMILES string of the molecule is FC(F)(F)c1ccc(Cc2nncn2C2CC2)cc1. The van der Waals surface area contributed by atoms with Crippen molar-refractivity contribution in [2.75, 3.05) is 0 Å². The van der Waals surface area contributed by atoms with E-state index in [9.17, 15) is 13.2 Å². The number of rotatable bonds is 3. The smallest absolute Gasteiger partial charge is 0.314 e. The molecular formula is C13H12F3N3. The molecule has 19 heavy (non-hydrogen) atoms. The Labute approximate surface area is 108 Å². The van der Waals surface area contributed by atoms with Crippen molar-refractivity contribution in [1.29, 1.82) is 0 Å². The Hall–Kier alpha value is -1.85. The summed E-state index contributed by atoms with van der Waals surface area (Å²) in [6.45, 7) is 0. The number of aromatic nitrogens is 3. The van der Waals surface area contributed by atoms with Crippen LogP contribution in [-0.2, 0) is 12.6 Å². The number of halogens is 3. The molecule has 1 aliphatic rings. The highest BCUT2D eigenvalue weighted by molar-refractivity contribution is 5.26. The van der Waals surface area contributed by atoms with Gasteiger partial charge in [0.25, 0.3) is 0 Å². The third-order valence-corrected chi connectivity index (χ3v) is 3.23. The first-order chi connectivity index (χ1) is 9.04. The van der Waals surface area contributed by atoms with Gasteiger partial charge in [0.15, 0.2) is 0 Å². The van der Waals surface area contributed by atoms with Crippen LogP contribution in [-0.4, -0.2) is 14.8 Å². The molecule has 3 rings (SSSR count). The maximum atomic E-state index is 12.4. The number of nitrogens with zero attached hydrogens (tertiary/aromatic N) is 3. The number of hydrogen-bond acceptors (Lipinski definition) is 2. The normalized spacial score (nSPS) is 15.7. The summed E-state index contributed by atoms with van der Waals surface area (Å²) in [5.74, 6) is 0.808. The van der Waals surface area contributed by atoms with Gasteiger partial charge in [-0.1, -0.05) is 12.1 Å². The van der Waals surface area contributed by atoms with Gasteiger partial charge in [0.1, 0.15) is 12.2 Å². The molecule has 1 aromatic heterocycles. The lowest BCUT2D eigenvalue weighted by molar-refractivity contribution is -0.137. The van der Waals surface area contributed by atoms with Gasteiger partial charge in [0.2, 0.25) is 0 Å². The zero-order valence-electron chi connectivity index (χ0n) is 10.1. The van der Waals surface area contributed by atoms with Gasteiger partial charge in [-0.05, 0) is 30.5 Å². The molecule has 1 aliphatic carbocycles. The molecule has 1 saturated carbocycles. The molecule has 3 nitrogen and oxygen atoms in total. The Morgan fingerprint density at radius 3 is 2.42 bits per heavy atom. The lowest BCUT2D eigenvalue weighted by Gasteiger charge is -2.08. The molecule has 0 spiro atoms. The maximum absolute atomic E-state index is 12.4. The maximum Gasteiger partial charge on any atom is 0.416 e. The molecule has 0 radical (unpaired) electrons. The molecule has 100 valence electrons. The van der Waals surface area contributed by atoms with Gasteiger partial charge in [-0.25, -0.2) is 0 Å². The minimum absolute atomic E-state index is 0.472. The predicted octanol–water partition coefficient (Wildman–Crippen LogP) is 3.22. The van der Waals surface area contributed by atoms with Crippen LogP contribution in [0.2, 0.25) is 0 Å². The molecule has 0 bridgehead atoms. The average Bonchev–Trinajstić information content (AvgIpc) is 3.10. The average molecular weight is 267 g/mol. The van der Waals surface area contributed by atoms with Crippen molar-refractivity contribution in [3.8, 4) is 0 Å². The van der Waals surface area contributed by atoms with Crippen molar-refractivity contribution >= 4 is 0 Å². The van der Waals surface area contributed by atoms with Crippen LogP contribution in [0.4, 0.5) is 13.2 Å². The van der Waals surface area contributed by atoms with Gasteiger partial charge in [-0.2, -0.15) is 13.2 Å². The molecule has 0 N–H and O–H groups in total. The Morgan fingerprint density at radius 2 is 1.84 bits per heavy atom. The number of benzene rings is 1. The van der Waals surface area contributed by atoms with E-state index in [0.29, 0.717) is 12.5 Å². The Morgan fingerprint density at radius 1 is 1.16 bits per heavy atom. The van der Waals surface area contributed by atoms with Gasteiger partial charge >= 0.3 is 6.18 Å². The number of alkyl halides is 3. The molecule has 0 saturated heterocycles. The fraction of sp³-hybridized carbons (Fsp3) is 0.385. The molecule has 1 heterocycles. The minimum Gasteiger partial charge on any atom is -0.314 e. The van der Waals surface area contributed by atoms with E-state index >= 15 is 0 Å². The van der Waals surface area contributed by atoms with E-state index in [1.165, 1.54) is 12.1 Å². The quantitative estimate of drug-likeness (QED) is 0.854. The van der Waals surface area contributed by atoms with Crippen molar-refractivity contribution in [3.05, 3.63) is 47.5 Å². The van der Waals surface area contributed by atoms with Gasteiger partial charge in [0.05, 0.1) is 5.56 Å². The van der Waals surface area contributed by atoms with Crippen LogP contribution in [0.3, 0.4) is 0 Å². The van der Waals surface area contributed by atoms with Gasteiger partial charge in [0, 0.05) is 12.5 Å². The summed E-state index contributed by atoms with van der Waals surface area (Å²) in [4.78, 5) is 0. The van der Waals surface area contributed by atoms with Crippen molar-refractivity contribution in [3.63, 3.8) is 0 Å². The zero-order chi connectivity index (χ0) is 13.5. The molecule has 2 aromatic rings. The molecule has 0 amide bonds. The summed E-state index contributed by atoms with van der Waals surface area (Å²) in [5, 5.41) is 7.90. The summed E-state index contributed by atoms with van der Waals surface area (Å²) in [7, 11) is 0. The molecule has 1 aromatic carbocycles. The Bertz CT molecular complexity index is 568. The fourth-order valence-electron chi connectivity index (χ4n) is 2.04. The van der Waals surface area contributed by atoms with Crippen LogP contribution in [0.5, 0.6) is 0 Å². The van der Waals surface area contributed by atoms with Crippen LogP contribution < -0.4 is 0 Å². The number of hydrogen-bond donors (Lipinski definition) is 0. The highest BCUT2D eigenvalue weighted by atomic mass is 19.4. The lowest BCUT2D eigenvalue weighted by Crippen LogP contribution is -2.05. The summed E-state index contributed by atoms with van der Waals surface area (Å²) < 4.78 is 39.4. The van der Waals surface area contributed by atoms with E-state index in [0.717, 1.165) is 36.4 Å². The first-order valence-corrected chi connectivity index (χ1v) is 6.08.